The van der Waals surface area contributed by atoms with Crippen molar-refractivity contribution in [3.8, 4) is 0 Å². The van der Waals surface area contributed by atoms with Crippen molar-refractivity contribution >= 4 is 11.8 Å². The largest absolute Gasteiger partial charge is 0.392 e. The van der Waals surface area contributed by atoms with Gasteiger partial charge in [-0.25, -0.2) is 0 Å². The Balaban J connectivity index is 2.70. The average Bonchev–Trinajstić information content (AvgIpc) is 2.42. The number of rotatable bonds is 5. The van der Waals surface area contributed by atoms with Gasteiger partial charge in [0.15, 0.2) is 0 Å². The molecule has 1 rings (SSSR count). The summed E-state index contributed by atoms with van der Waals surface area (Å²) in [6.07, 6.45) is -0.673. The van der Waals surface area contributed by atoms with E-state index in [1.54, 1.807) is 6.92 Å². The van der Waals surface area contributed by atoms with Crippen LogP contribution in [0, 0.1) is 0 Å². The Morgan fingerprint density at radius 3 is 2.30 bits per heavy atom. The third-order valence-corrected chi connectivity index (χ3v) is 2.83. The van der Waals surface area contributed by atoms with Gasteiger partial charge in [-0.1, -0.05) is 30.3 Å². The zero-order valence-corrected chi connectivity index (χ0v) is 12.2. The monoisotopic (exact) mass is 278 g/mol. The zero-order valence-electron chi connectivity index (χ0n) is 12.2. The standard InChI is InChI=1S/C15H22N2O3/c1-11(2)17(10-13-7-5-4-6-8-13)15(20)14(19)16-9-12(3)18/h4-8,11-12,18H,9-10H2,1-3H3,(H,16,19). The van der Waals surface area contributed by atoms with Crippen molar-refractivity contribution < 1.29 is 14.7 Å². The normalized spacial score (nSPS) is 12.1. The minimum Gasteiger partial charge on any atom is -0.392 e. The van der Waals surface area contributed by atoms with E-state index in [0.29, 0.717) is 6.54 Å². The van der Waals surface area contributed by atoms with Gasteiger partial charge >= 0.3 is 11.8 Å². The highest BCUT2D eigenvalue weighted by Crippen LogP contribution is 2.08. The lowest BCUT2D eigenvalue weighted by Crippen LogP contribution is -2.47. The van der Waals surface area contributed by atoms with Crippen LogP contribution in [0.3, 0.4) is 0 Å². The molecular weight excluding hydrogens is 256 g/mol. The van der Waals surface area contributed by atoms with Crippen molar-refractivity contribution in [1.29, 1.82) is 0 Å². The van der Waals surface area contributed by atoms with Crippen LogP contribution in [0.1, 0.15) is 26.3 Å². The molecule has 5 nitrogen and oxygen atoms in total. The summed E-state index contributed by atoms with van der Waals surface area (Å²) in [5.41, 5.74) is 0.970. The van der Waals surface area contributed by atoms with Gasteiger partial charge in [-0.3, -0.25) is 9.59 Å². The summed E-state index contributed by atoms with van der Waals surface area (Å²) >= 11 is 0. The van der Waals surface area contributed by atoms with Crippen molar-refractivity contribution in [3.05, 3.63) is 35.9 Å². The van der Waals surface area contributed by atoms with E-state index in [-0.39, 0.29) is 12.6 Å². The van der Waals surface area contributed by atoms with Crippen LogP contribution in [0.25, 0.3) is 0 Å². The van der Waals surface area contributed by atoms with Crippen molar-refractivity contribution in [3.63, 3.8) is 0 Å². The first-order valence-electron chi connectivity index (χ1n) is 6.72. The number of hydrogen-bond donors (Lipinski definition) is 2. The summed E-state index contributed by atoms with van der Waals surface area (Å²) in [5, 5.41) is 11.5. The predicted molar refractivity (Wildman–Crippen MR) is 76.8 cm³/mol. The highest BCUT2D eigenvalue weighted by atomic mass is 16.3. The summed E-state index contributed by atoms with van der Waals surface area (Å²) < 4.78 is 0. The Morgan fingerprint density at radius 2 is 1.80 bits per heavy atom. The van der Waals surface area contributed by atoms with Crippen molar-refractivity contribution in [2.75, 3.05) is 6.54 Å². The van der Waals surface area contributed by atoms with Gasteiger partial charge in [0.05, 0.1) is 6.10 Å². The highest BCUT2D eigenvalue weighted by Gasteiger charge is 2.24. The Bertz CT molecular complexity index is 444. The number of aliphatic hydroxyl groups is 1. The van der Waals surface area contributed by atoms with Gasteiger partial charge in [-0.15, -0.1) is 0 Å². The first-order valence-corrected chi connectivity index (χ1v) is 6.72. The van der Waals surface area contributed by atoms with Crippen molar-refractivity contribution in [2.45, 2.75) is 39.5 Å². The number of nitrogens with one attached hydrogen (secondary N) is 1. The van der Waals surface area contributed by atoms with Crippen LogP contribution < -0.4 is 5.32 Å². The Morgan fingerprint density at radius 1 is 1.20 bits per heavy atom. The lowest BCUT2D eigenvalue weighted by atomic mass is 10.2. The molecular formula is C15H22N2O3. The number of amides is 2. The van der Waals surface area contributed by atoms with Crippen LogP contribution in [0.2, 0.25) is 0 Å². The van der Waals surface area contributed by atoms with Gasteiger partial charge in [0.2, 0.25) is 0 Å². The minimum absolute atomic E-state index is 0.0713. The van der Waals surface area contributed by atoms with E-state index in [9.17, 15) is 9.59 Å². The van der Waals surface area contributed by atoms with Crippen LogP contribution in [0.5, 0.6) is 0 Å². The fraction of sp³-hybridized carbons (Fsp3) is 0.467. The molecule has 2 N–H and O–H groups in total. The molecule has 0 aliphatic carbocycles. The molecule has 0 aromatic heterocycles. The Kier molecular flexibility index (Phi) is 6.18. The smallest absolute Gasteiger partial charge is 0.312 e. The molecule has 0 heterocycles. The fourth-order valence-electron chi connectivity index (χ4n) is 1.72. The second kappa shape index (κ2) is 7.65. The van der Waals surface area contributed by atoms with E-state index in [1.807, 2.05) is 44.2 Å². The van der Waals surface area contributed by atoms with Crippen molar-refractivity contribution in [1.82, 2.24) is 10.2 Å². The molecule has 0 saturated heterocycles. The van der Waals surface area contributed by atoms with Crippen molar-refractivity contribution in [2.24, 2.45) is 0 Å². The molecule has 1 aromatic rings. The zero-order chi connectivity index (χ0) is 15.1. The molecule has 0 fully saturated rings. The van der Waals surface area contributed by atoms with E-state index in [1.165, 1.54) is 4.90 Å². The average molecular weight is 278 g/mol. The van der Waals surface area contributed by atoms with E-state index >= 15 is 0 Å². The minimum atomic E-state index is -0.685. The first-order chi connectivity index (χ1) is 9.41. The van der Waals surface area contributed by atoms with Gasteiger partial charge in [-0.05, 0) is 26.3 Å². The molecule has 5 heteroatoms. The maximum atomic E-state index is 12.1. The maximum Gasteiger partial charge on any atom is 0.312 e. The number of carbonyl (C=O) groups excluding carboxylic acids is 2. The summed E-state index contributed by atoms with van der Waals surface area (Å²) in [6.45, 7) is 5.74. The molecule has 0 radical (unpaired) electrons. The molecule has 0 aliphatic rings. The summed E-state index contributed by atoms with van der Waals surface area (Å²) in [4.78, 5) is 25.4. The molecule has 2 amide bonds. The maximum absolute atomic E-state index is 12.1. The van der Waals surface area contributed by atoms with E-state index < -0.39 is 17.9 Å². The Hall–Kier alpha value is -1.88. The Labute approximate surface area is 119 Å². The number of benzene rings is 1. The van der Waals surface area contributed by atoms with Crippen LogP contribution in [0.15, 0.2) is 30.3 Å². The third-order valence-electron chi connectivity index (χ3n) is 2.83. The lowest BCUT2D eigenvalue weighted by molar-refractivity contribution is -0.147. The molecule has 1 atom stereocenters. The molecule has 0 aliphatic heterocycles. The summed E-state index contributed by atoms with van der Waals surface area (Å²) in [6, 6.07) is 9.44. The first kappa shape index (κ1) is 16.2. The van der Waals surface area contributed by atoms with Gasteiger partial charge < -0.3 is 15.3 Å². The number of aliphatic hydroxyl groups excluding tert-OH is 1. The predicted octanol–water partition coefficient (Wildman–Crippen LogP) is 0.921. The van der Waals surface area contributed by atoms with Gasteiger partial charge in [0, 0.05) is 19.1 Å². The molecule has 0 bridgehead atoms. The fourth-order valence-corrected chi connectivity index (χ4v) is 1.72. The molecule has 1 unspecified atom stereocenters. The molecule has 0 spiro atoms. The summed E-state index contributed by atoms with van der Waals surface area (Å²) in [5.74, 6) is -1.26. The second-order valence-corrected chi connectivity index (χ2v) is 5.07. The van der Waals surface area contributed by atoms with Crippen LogP contribution >= 0.6 is 0 Å². The van der Waals surface area contributed by atoms with E-state index in [0.717, 1.165) is 5.56 Å². The summed E-state index contributed by atoms with van der Waals surface area (Å²) in [7, 11) is 0. The molecule has 1 aromatic carbocycles. The van der Waals surface area contributed by atoms with Gasteiger partial charge in [0.1, 0.15) is 0 Å². The van der Waals surface area contributed by atoms with Crippen LogP contribution in [-0.4, -0.2) is 40.5 Å². The number of nitrogens with zero attached hydrogens (tertiary/aromatic N) is 1. The highest BCUT2D eigenvalue weighted by molar-refractivity contribution is 6.35. The topological polar surface area (TPSA) is 69.6 Å². The molecule has 110 valence electrons. The number of hydrogen-bond acceptors (Lipinski definition) is 3. The lowest BCUT2D eigenvalue weighted by Gasteiger charge is -2.26. The van der Waals surface area contributed by atoms with Gasteiger partial charge in [0.25, 0.3) is 0 Å². The number of carbonyl (C=O) groups is 2. The van der Waals surface area contributed by atoms with E-state index in [4.69, 9.17) is 5.11 Å². The van der Waals surface area contributed by atoms with Gasteiger partial charge in [-0.2, -0.15) is 0 Å². The molecule has 20 heavy (non-hydrogen) atoms. The van der Waals surface area contributed by atoms with E-state index in [2.05, 4.69) is 5.32 Å². The van der Waals surface area contributed by atoms with Crippen LogP contribution in [-0.2, 0) is 16.1 Å². The SMILES string of the molecule is CC(O)CNC(=O)C(=O)N(Cc1ccccc1)C(C)C. The quantitative estimate of drug-likeness (QED) is 0.787. The molecule has 0 saturated carbocycles. The van der Waals surface area contributed by atoms with Crippen LogP contribution in [0.4, 0.5) is 0 Å². The third kappa shape index (κ3) is 5.01. The second-order valence-electron chi connectivity index (χ2n) is 5.07.